The SMILES string of the molecule is COCCOc1ccc(C(=O)NNc2ccc(C#N)cc2C(F)(F)F)cc1. The quantitative estimate of drug-likeness (QED) is 0.569. The lowest BCUT2D eigenvalue weighted by Gasteiger charge is -2.15. The molecule has 0 saturated carbocycles. The number of carbonyl (C=O) groups is 1. The third kappa shape index (κ3) is 5.62. The van der Waals surface area contributed by atoms with Crippen molar-refractivity contribution in [2.24, 2.45) is 0 Å². The van der Waals surface area contributed by atoms with Crippen LogP contribution >= 0.6 is 0 Å². The van der Waals surface area contributed by atoms with Gasteiger partial charge in [-0.3, -0.25) is 15.6 Å². The number of anilines is 1. The summed E-state index contributed by atoms with van der Waals surface area (Å²) in [6.45, 7) is 0.765. The lowest BCUT2D eigenvalue weighted by Crippen LogP contribution is -2.30. The van der Waals surface area contributed by atoms with E-state index in [0.717, 1.165) is 6.07 Å². The van der Waals surface area contributed by atoms with Crippen LogP contribution in [0.5, 0.6) is 5.75 Å². The number of nitrogens with one attached hydrogen (secondary N) is 2. The third-order valence-corrected chi connectivity index (χ3v) is 3.44. The van der Waals surface area contributed by atoms with E-state index in [1.54, 1.807) is 25.3 Å². The highest BCUT2D eigenvalue weighted by Crippen LogP contribution is 2.35. The number of halogens is 3. The molecule has 0 unspecified atom stereocenters. The summed E-state index contributed by atoms with van der Waals surface area (Å²) in [4.78, 5) is 12.1. The lowest BCUT2D eigenvalue weighted by atomic mass is 10.1. The predicted octanol–water partition coefficient (Wildman–Crippen LogP) is 3.36. The molecule has 142 valence electrons. The van der Waals surface area contributed by atoms with Crippen LogP contribution < -0.4 is 15.6 Å². The van der Waals surface area contributed by atoms with Gasteiger partial charge in [0.05, 0.1) is 29.5 Å². The average molecular weight is 379 g/mol. The summed E-state index contributed by atoms with van der Waals surface area (Å²) in [6.07, 6.45) is -4.68. The number of amides is 1. The van der Waals surface area contributed by atoms with E-state index in [2.05, 4.69) is 10.9 Å². The van der Waals surface area contributed by atoms with Crippen molar-refractivity contribution < 1.29 is 27.4 Å². The first-order chi connectivity index (χ1) is 12.8. The molecule has 0 bridgehead atoms. The van der Waals surface area contributed by atoms with Crippen molar-refractivity contribution in [3.63, 3.8) is 0 Å². The number of carbonyl (C=O) groups excluding carboxylic acids is 1. The fourth-order valence-corrected chi connectivity index (χ4v) is 2.10. The minimum Gasteiger partial charge on any atom is -0.491 e. The van der Waals surface area contributed by atoms with Crippen molar-refractivity contribution in [3.8, 4) is 11.8 Å². The smallest absolute Gasteiger partial charge is 0.418 e. The van der Waals surface area contributed by atoms with Gasteiger partial charge >= 0.3 is 6.18 Å². The van der Waals surface area contributed by atoms with Gasteiger partial charge in [-0.2, -0.15) is 18.4 Å². The predicted molar refractivity (Wildman–Crippen MR) is 91.1 cm³/mol. The molecule has 0 fully saturated rings. The minimum atomic E-state index is -4.68. The van der Waals surface area contributed by atoms with E-state index in [-0.39, 0.29) is 16.8 Å². The Morgan fingerprint density at radius 2 is 1.85 bits per heavy atom. The van der Waals surface area contributed by atoms with Gasteiger partial charge in [0, 0.05) is 12.7 Å². The van der Waals surface area contributed by atoms with E-state index in [9.17, 15) is 18.0 Å². The number of hydrogen-bond donors (Lipinski definition) is 2. The van der Waals surface area contributed by atoms with Crippen LogP contribution in [-0.2, 0) is 10.9 Å². The van der Waals surface area contributed by atoms with Crippen molar-refractivity contribution in [1.29, 1.82) is 5.26 Å². The fraction of sp³-hybridized carbons (Fsp3) is 0.222. The number of methoxy groups -OCH3 is 1. The Balaban J connectivity index is 2.04. The van der Waals surface area contributed by atoms with E-state index >= 15 is 0 Å². The summed E-state index contributed by atoms with van der Waals surface area (Å²) in [5.74, 6) is -0.0982. The second-order valence-corrected chi connectivity index (χ2v) is 5.31. The number of nitrogens with zero attached hydrogens (tertiary/aromatic N) is 1. The van der Waals surface area contributed by atoms with Crippen LogP contribution in [0.2, 0.25) is 0 Å². The van der Waals surface area contributed by atoms with Crippen LogP contribution in [0.1, 0.15) is 21.5 Å². The Bertz CT molecular complexity index is 830. The molecule has 0 heterocycles. The van der Waals surface area contributed by atoms with E-state index < -0.39 is 17.6 Å². The van der Waals surface area contributed by atoms with Crippen molar-refractivity contribution in [2.45, 2.75) is 6.18 Å². The molecule has 2 N–H and O–H groups in total. The highest BCUT2D eigenvalue weighted by molar-refractivity contribution is 5.95. The number of benzene rings is 2. The Labute approximate surface area is 153 Å². The molecule has 0 aliphatic heterocycles. The summed E-state index contributed by atoms with van der Waals surface area (Å²) >= 11 is 0. The molecule has 27 heavy (non-hydrogen) atoms. The van der Waals surface area contributed by atoms with E-state index in [0.29, 0.717) is 25.0 Å². The number of alkyl halides is 3. The van der Waals surface area contributed by atoms with Gasteiger partial charge in [-0.1, -0.05) is 0 Å². The normalized spacial score (nSPS) is 10.8. The largest absolute Gasteiger partial charge is 0.491 e. The summed E-state index contributed by atoms with van der Waals surface area (Å²) in [7, 11) is 1.54. The second kappa shape index (κ2) is 8.91. The zero-order valence-corrected chi connectivity index (χ0v) is 14.3. The molecule has 0 atom stereocenters. The van der Waals surface area contributed by atoms with Crippen LogP contribution in [0.25, 0.3) is 0 Å². The zero-order chi connectivity index (χ0) is 19.9. The molecule has 0 radical (unpaired) electrons. The molecule has 2 aromatic rings. The van der Waals surface area contributed by atoms with Crippen LogP contribution in [0.3, 0.4) is 0 Å². The monoisotopic (exact) mass is 379 g/mol. The molecule has 2 rings (SSSR count). The highest BCUT2D eigenvalue weighted by atomic mass is 19.4. The van der Waals surface area contributed by atoms with Gasteiger partial charge in [-0.15, -0.1) is 0 Å². The first-order valence-corrected chi connectivity index (χ1v) is 7.74. The standard InChI is InChI=1S/C18H16F3N3O3/c1-26-8-9-27-14-5-3-13(4-6-14)17(25)24-23-16-7-2-12(11-22)10-15(16)18(19,20)21/h2-7,10,23H,8-9H2,1H3,(H,24,25). The Hall–Kier alpha value is -3.25. The topological polar surface area (TPSA) is 83.4 Å². The summed E-state index contributed by atoms with van der Waals surface area (Å²) < 4.78 is 49.5. The van der Waals surface area contributed by atoms with Crippen LogP contribution in [0, 0.1) is 11.3 Å². The molecular formula is C18H16F3N3O3. The molecule has 0 spiro atoms. The van der Waals surface area contributed by atoms with Gasteiger partial charge in [0.2, 0.25) is 0 Å². The maximum Gasteiger partial charge on any atom is 0.418 e. The number of rotatable bonds is 7. The van der Waals surface area contributed by atoms with Gasteiger partial charge in [-0.25, -0.2) is 0 Å². The van der Waals surface area contributed by atoms with Crippen molar-refractivity contribution in [3.05, 3.63) is 59.2 Å². The first kappa shape index (κ1) is 20.1. The maximum atomic E-state index is 13.1. The lowest BCUT2D eigenvalue weighted by molar-refractivity contribution is -0.137. The fourth-order valence-electron chi connectivity index (χ4n) is 2.10. The molecule has 1 amide bonds. The molecule has 0 aliphatic carbocycles. The zero-order valence-electron chi connectivity index (χ0n) is 14.3. The van der Waals surface area contributed by atoms with Crippen molar-refractivity contribution >= 4 is 11.6 Å². The van der Waals surface area contributed by atoms with Gasteiger partial charge in [-0.05, 0) is 42.5 Å². The van der Waals surface area contributed by atoms with Gasteiger partial charge in [0.1, 0.15) is 12.4 Å². The Morgan fingerprint density at radius 3 is 2.44 bits per heavy atom. The number of nitriles is 1. The van der Waals surface area contributed by atoms with Crippen molar-refractivity contribution in [2.75, 3.05) is 25.7 Å². The molecule has 0 aromatic heterocycles. The average Bonchev–Trinajstić information content (AvgIpc) is 2.66. The van der Waals surface area contributed by atoms with E-state index in [1.165, 1.54) is 18.2 Å². The molecule has 2 aromatic carbocycles. The van der Waals surface area contributed by atoms with Gasteiger partial charge in [0.25, 0.3) is 5.91 Å². The number of hydrogen-bond acceptors (Lipinski definition) is 5. The molecule has 0 aliphatic rings. The van der Waals surface area contributed by atoms with E-state index in [1.807, 2.05) is 0 Å². The molecular weight excluding hydrogens is 363 g/mol. The number of hydrazine groups is 1. The molecule has 0 saturated heterocycles. The molecule has 6 nitrogen and oxygen atoms in total. The van der Waals surface area contributed by atoms with Crippen molar-refractivity contribution in [1.82, 2.24) is 5.43 Å². The van der Waals surface area contributed by atoms with Gasteiger partial charge in [0.15, 0.2) is 0 Å². The Kier molecular flexibility index (Phi) is 6.62. The second-order valence-electron chi connectivity index (χ2n) is 5.31. The number of ether oxygens (including phenoxy) is 2. The third-order valence-electron chi connectivity index (χ3n) is 3.44. The summed E-state index contributed by atoms with van der Waals surface area (Å²) in [5, 5.41) is 8.75. The van der Waals surface area contributed by atoms with Gasteiger partial charge < -0.3 is 9.47 Å². The van der Waals surface area contributed by atoms with E-state index in [4.69, 9.17) is 14.7 Å². The highest BCUT2D eigenvalue weighted by Gasteiger charge is 2.34. The first-order valence-electron chi connectivity index (χ1n) is 7.74. The van der Waals surface area contributed by atoms with Crippen LogP contribution in [0.4, 0.5) is 18.9 Å². The van der Waals surface area contributed by atoms with Crippen LogP contribution in [0.15, 0.2) is 42.5 Å². The Morgan fingerprint density at radius 1 is 1.15 bits per heavy atom. The minimum absolute atomic E-state index is 0.136. The molecule has 9 heteroatoms. The van der Waals surface area contributed by atoms with Crippen LogP contribution in [-0.4, -0.2) is 26.2 Å². The maximum absolute atomic E-state index is 13.1. The summed E-state index contributed by atoms with van der Waals surface area (Å²) in [5.41, 5.74) is 3.12. The summed E-state index contributed by atoms with van der Waals surface area (Å²) in [6, 6.07) is 10.7.